The summed E-state index contributed by atoms with van der Waals surface area (Å²) in [5.41, 5.74) is 3.35. The van der Waals surface area contributed by atoms with Gasteiger partial charge in [-0.1, -0.05) is 35.5 Å². The first-order valence-electron chi connectivity index (χ1n) is 9.05. The number of rotatable bonds is 5. The SMILES string of the molecule is O=C(NCc1ccccc1)Nc1ccc2onc(CN3CCOCC3)c2c1. The average Bonchev–Trinajstić information content (AvgIpc) is 3.10. The van der Waals surface area contributed by atoms with E-state index in [4.69, 9.17) is 9.26 Å². The van der Waals surface area contributed by atoms with Crippen molar-refractivity contribution in [3.8, 4) is 0 Å². The van der Waals surface area contributed by atoms with Gasteiger partial charge in [-0.15, -0.1) is 0 Å². The molecule has 2 aromatic carbocycles. The fourth-order valence-electron chi connectivity index (χ4n) is 3.10. The minimum Gasteiger partial charge on any atom is -0.379 e. The molecule has 1 fully saturated rings. The van der Waals surface area contributed by atoms with Crippen LogP contribution in [0.25, 0.3) is 11.0 Å². The molecule has 0 spiro atoms. The number of carbonyl (C=O) groups is 1. The molecule has 2 amide bonds. The smallest absolute Gasteiger partial charge is 0.319 e. The van der Waals surface area contributed by atoms with Crippen LogP contribution < -0.4 is 10.6 Å². The van der Waals surface area contributed by atoms with Crippen LogP contribution >= 0.6 is 0 Å². The third-order valence-corrected chi connectivity index (χ3v) is 4.58. The molecule has 0 radical (unpaired) electrons. The van der Waals surface area contributed by atoms with E-state index in [0.29, 0.717) is 24.4 Å². The van der Waals surface area contributed by atoms with E-state index in [9.17, 15) is 4.79 Å². The second kappa shape index (κ2) is 8.20. The summed E-state index contributed by atoms with van der Waals surface area (Å²) in [5, 5.41) is 10.8. The lowest BCUT2D eigenvalue weighted by atomic mass is 10.2. The summed E-state index contributed by atoms with van der Waals surface area (Å²) < 4.78 is 10.8. The first-order chi connectivity index (χ1) is 13.3. The molecule has 7 heteroatoms. The van der Waals surface area contributed by atoms with Crippen LogP contribution in [0.2, 0.25) is 0 Å². The fraction of sp³-hybridized carbons (Fsp3) is 0.300. The van der Waals surface area contributed by atoms with Crippen molar-refractivity contribution in [2.24, 2.45) is 0 Å². The molecule has 7 nitrogen and oxygen atoms in total. The molecule has 2 N–H and O–H groups in total. The number of urea groups is 1. The van der Waals surface area contributed by atoms with Gasteiger partial charge in [-0.25, -0.2) is 4.79 Å². The van der Waals surface area contributed by atoms with Gasteiger partial charge in [-0.3, -0.25) is 4.90 Å². The monoisotopic (exact) mass is 366 g/mol. The van der Waals surface area contributed by atoms with Crippen LogP contribution in [0.5, 0.6) is 0 Å². The summed E-state index contributed by atoms with van der Waals surface area (Å²) in [6.45, 7) is 4.43. The molecule has 0 atom stereocenters. The highest BCUT2D eigenvalue weighted by Crippen LogP contribution is 2.24. The molecule has 1 saturated heterocycles. The van der Waals surface area contributed by atoms with Crippen LogP contribution in [0, 0.1) is 0 Å². The Balaban J connectivity index is 1.41. The van der Waals surface area contributed by atoms with Gasteiger partial charge in [0.2, 0.25) is 0 Å². The summed E-state index contributed by atoms with van der Waals surface area (Å²) in [7, 11) is 0. The highest BCUT2D eigenvalue weighted by atomic mass is 16.5. The third-order valence-electron chi connectivity index (χ3n) is 4.58. The summed E-state index contributed by atoms with van der Waals surface area (Å²) in [6.07, 6.45) is 0. The third kappa shape index (κ3) is 4.45. The minimum atomic E-state index is -0.246. The van der Waals surface area contributed by atoms with Crippen molar-refractivity contribution in [2.75, 3.05) is 31.6 Å². The van der Waals surface area contributed by atoms with E-state index < -0.39 is 0 Å². The van der Waals surface area contributed by atoms with E-state index in [1.54, 1.807) is 0 Å². The molecule has 0 aliphatic carbocycles. The standard InChI is InChI=1S/C20H22N4O3/c25-20(21-13-15-4-2-1-3-5-15)22-16-6-7-19-17(12-16)18(23-27-19)14-24-8-10-26-11-9-24/h1-7,12H,8-11,13-14H2,(H2,21,22,25). The lowest BCUT2D eigenvalue weighted by Gasteiger charge is -2.25. The Morgan fingerprint density at radius 1 is 1.11 bits per heavy atom. The van der Waals surface area contributed by atoms with Gasteiger partial charge in [0.05, 0.1) is 13.2 Å². The number of ether oxygens (including phenoxy) is 1. The molecule has 140 valence electrons. The summed E-state index contributed by atoms with van der Waals surface area (Å²) >= 11 is 0. The maximum Gasteiger partial charge on any atom is 0.319 e. The molecule has 0 saturated carbocycles. The van der Waals surface area contributed by atoms with Crippen molar-refractivity contribution in [1.82, 2.24) is 15.4 Å². The number of aromatic nitrogens is 1. The predicted molar refractivity (Wildman–Crippen MR) is 102 cm³/mol. The molecule has 1 aromatic heterocycles. The minimum absolute atomic E-state index is 0.246. The number of hydrogen-bond donors (Lipinski definition) is 2. The average molecular weight is 366 g/mol. The molecule has 0 bridgehead atoms. The predicted octanol–water partition coefficient (Wildman–Crippen LogP) is 2.98. The van der Waals surface area contributed by atoms with Gasteiger partial charge in [-0.2, -0.15) is 0 Å². The van der Waals surface area contributed by atoms with Crippen LogP contribution in [-0.4, -0.2) is 42.4 Å². The Morgan fingerprint density at radius 3 is 2.74 bits per heavy atom. The number of benzene rings is 2. The largest absolute Gasteiger partial charge is 0.379 e. The topological polar surface area (TPSA) is 79.6 Å². The second-order valence-electron chi connectivity index (χ2n) is 6.52. The molecule has 2 heterocycles. The van der Waals surface area contributed by atoms with E-state index in [2.05, 4.69) is 20.7 Å². The normalized spacial score (nSPS) is 15.0. The fourth-order valence-corrected chi connectivity index (χ4v) is 3.10. The van der Waals surface area contributed by atoms with E-state index >= 15 is 0 Å². The number of morpholine rings is 1. The molecule has 1 aliphatic rings. The van der Waals surface area contributed by atoms with E-state index in [1.165, 1.54) is 0 Å². The van der Waals surface area contributed by atoms with E-state index in [0.717, 1.165) is 42.9 Å². The van der Waals surface area contributed by atoms with Crippen molar-refractivity contribution in [3.63, 3.8) is 0 Å². The van der Waals surface area contributed by atoms with Gasteiger partial charge in [0.1, 0.15) is 5.69 Å². The molecule has 0 unspecified atom stereocenters. The van der Waals surface area contributed by atoms with Gasteiger partial charge >= 0.3 is 6.03 Å². The van der Waals surface area contributed by atoms with Gasteiger partial charge in [0.15, 0.2) is 5.58 Å². The highest BCUT2D eigenvalue weighted by Gasteiger charge is 2.16. The molecular formula is C20H22N4O3. The first kappa shape index (κ1) is 17.5. The van der Waals surface area contributed by atoms with Crippen molar-refractivity contribution >= 4 is 22.7 Å². The number of nitrogens with zero attached hydrogens (tertiary/aromatic N) is 2. The molecule has 4 rings (SSSR count). The lowest BCUT2D eigenvalue weighted by Crippen LogP contribution is -2.35. The first-order valence-corrected chi connectivity index (χ1v) is 9.05. The van der Waals surface area contributed by atoms with Crippen molar-refractivity contribution in [2.45, 2.75) is 13.1 Å². The zero-order chi connectivity index (χ0) is 18.5. The Hall–Kier alpha value is -2.90. The number of hydrogen-bond acceptors (Lipinski definition) is 5. The van der Waals surface area contributed by atoms with E-state index in [-0.39, 0.29) is 6.03 Å². The summed E-state index contributed by atoms with van der Waals surface area (Å²) in [6, 6.07) is 15.1. The molecule has 3 aromatic rings. The molecule has 1 aliphatic heterocycles. The van der Waals surface area contributed by atoms with Crippen molar-refractivity contribution in [3.05, 3.63) is 59.8 Å². The maximum atomic E-state index is 12.2. The van der Waals surface area contributed by atoms with Crippen molar-refractivity contribution < 1.29 is 14.1 Å². The van der Waals surface area contributed by atoms with Gasteiger partial charge < -0.3 is 19.9 Å². The molecule has 27 heavy (non-hydrogen) atoms. The Kier molecular flexibility index (Phi) is 5.32. The van der Waals surface area contributed by atoms with Crippen LogP contribution in [0.15, 0.2) is 53.1 Å². The molecular weight excluding hydrogens is 344 g/mol. The number of nitrogens with one attached hydrogen (secondary N) is 2. The Morgan fingerprint density at radius 2 is 1.93 bits per heavy atom. The van der Waals surface area contributed by atoms with Crippen LogP contribution in [0.1, 0.15) is 11.3 Å². The quantitative estimate of drug-likeness (QED) is 0.726. The van der Waals surface area contributed by atoms with Crippen molar-refractivity contribution in [1.29, 1.82) is 0 Å². The zero-order valence-electron chi connectivity index (χ0n) is 15.0. The number of fused-ring (bicyclic) bond motifs is 1. The summed E-state index contributed by atoms with van der Waals surface area (Å²) in [4.78, 5) is 14.5. The second-order valence-corrected chi connectivity index (χ2v) is 6.52. The van der Waals surface area contributed by atoms with Gasteiger partial charge in [-0.05, 0) is 23.8 Å². The number of anilines is 1. The Bertz CT molecular complexity index is 904. The Labute approximate surface area is 157 Å². The lowest BCUT2D eigenvalue weighted by molar-refractivity contribution is 0.0334. The number of amides is 2. The van der Waals surface area contributed by atoms with Gasteiger partial charge in [0, 0.05) is 37.3 Å². The van der Waals surface area contributed by atoms with Crippen LogP contribution in [0.4, 0.5) is 10.5 Å². The van der Waals surface area contributed by atoms with Crippen LogP contribution in [-0.2, 0) is 17.8 Å². The summed E-state index contributed by atoms with van der Waals surface area (Å²) in [5.74, 6) is 0. The number of carbonyl (C=O) groups excluding carboxylic acids is 1. The van der Waals surface area contributed by atoms with E-state index in [1.807, 2.05) is 48.5 Å². The maximum absolute atomic E-state index is 12.2. The van der Waals surface area contributed by atoms with Crippen LogP contribution in [0.3, 0.4) is 0 Å². The van der Waals surface area contributed by atoms with Gasteiger partial charge in [0.25, 0.3) is 0 Å². The zero-order valence-corrected chi connectivity index (χ0v) is 15.0. The highest BCUT2D eigenvalue weighted by molar-refractivity contribution is 5.92.